The lowest BCUT2D eigenvalue weighted by Crippen LogP contribution is -2.31. The van der Waals surface area contributed by atoms with Crippen LogP contribution in [-0.4, -0.2) is 0 Å². The van der Waals surface area contributed by atoms with Gasteiger partial charge in [0.05, 0.1) is 0 Å². The van der Waals surface area contributed by atoms with Gasteiger partial charge in [-0.3, -0.25) is 0 Å². The van der Waals surface area contributed by atoms with Crippen LogP contribution in [0.5, 0.6) is 0 Å². The molecule has 0 aromatic heterocycles. The molecule has 0 spiro atoms. The van der Waals surface area contributed by atoms with Gasteiger partial charge in [-0.25, -0.2) is 0 Å². The van der Waals surface area contributed by atoms with Crippen LogP contribution >= 0.6 is 0 Å². The van der Waals surface area contributed by atoms with E-state index < -0.39 is 0 Å². The highest BCUT2D eigenvalue weighted by Gasteiger charge is 2.46. The summed E-state index contributed by atoms with van der Waals surface area (Å²) in [5.74, 6) is 4.52. The van der Waals surface area contributed by atoms with Gasteiger partial charge in [0, 0.05) is 10.8 Å². The highest BCUT2D eigenvalue weighted by molar-refractivity contribution is 5.87. The first-order valence-corrected chi connectivity index (χ1v) is 27.3. The second-order valence-electron chi connectivity index (χ2n) is 23.0. The topological polar surface area (TPSA) is 0 Å². The standard InChI is InChI=1S/C64H94/c1-13-17-25-51(15-3)43-64(44-52(16-4)26-18-14-2)60-40-50(12)28-32-56(60)58-34-30-54(42-62(58)64)53-29-33-57-55-31-27-49(11)39-59(55)63(61(57)41-53,37-35-47(9)23-19-21-45(5)6)38-36-48(10)24-20-22-46(7)8/h27-34,39-42,45-48,51-52H,13-26,35-38,43-44H2,1-12H3/t47-,48-,51?,52?,64?/m0/s1. The molecule has 0 saturated carbocycles. The summed E-state index contributed by atoms with van der Waals surface area (Å²) >= 11 is 0. The molecular formula is C64H94. The molecule has 4 aromatic carbocycles. The Bertz CT molecular complexity index is 2030. The fourth-order valence-corrected chi connectivity index (χ4v) is 12.7. The van der Waals surface area contributed by atoms with Crippen LogP contribution in [-0.2, 0) is 10.8 Å². The molecule has 6 rings (SSSR count). The van der Waals surface area contributed by atoms with Crippen molar-refractivity contribution in [1.29, 1.82) is 0 Å². The third-order valence-corrected chi connectivity index (χ3v) is 16.8. The Morgan fingerprint density at radius 1 is 0.391 bits per heavy atom. The minimum absolute atomic E-state index is 0.0425. The fraction of sp³-hybridized carbons (Fsp3) is 0.625. The van der Waals surface area contributed by atoms with Crippen LogP contribution in [0, 0.1) is 49.4 Å². The number of aryl methyl sites for hydroxylation is 2. The van der Waals surface area contributed by atoms with Gasteiger partial charge in [-0.1, -0.05) is 231 Å². The average Bonchev–Trinajstić information content (AvgIpc) is 3.69. The molecule has 0 aliphatic heterocycles. The predicted octanol–water partition coefficient (Wildman–Crippen LogP) is 20.2. The zero-order valence-electron chi connectivity index (χ0n) is 43.5. The van der Waals surface area contributed by atoms with Gasteiger partial charge in [-0.05, 0) is 156 Å². The van der Waals surface area contributed by atoms with E-state index in [1.807, 2.05) is 0 Å². The molecule has 0 heteroatoms. The van der Waals surface area contributed by atoms with Gasteiger partial charge in [0.1, 0.15) is 0 Å². The summed E-state index contributed by atoms with van der Waals surface area (Å²) in [7, 11) is 0. The molecule has 2 aliphatic carbocycles. The molecule has 0 N–H and O–H groups in total. The van der Waals surface area contributed by atoms with Crippen molar-refractivity contribution in [1.82, 2.24) is 0 Å². The summed E-state index contributed by atoms with van der Waals surface area (Å²) in [6.07, 6.45) is 26.2. The van der Waals surface area contributed by atoms with E-state index in [9.17, 15) is 0 Å². The van der Waals surface area contributed by atoms with Gasteiger partial charge in [0.2, 0.25) is 0 Å². The van der Waals surface area contributed by atoms with Gasteiger partial charge >= 0.3 is 0 Å². The lowest BCUT2D eigenvalue weighted by Gasteiger charge is -2.39. The van der Waals surface area contributed by atoms with E-state index in [1.165, 1.54) is 173 Å². The molecule has 0 radical (unpaired) electrons. The smallest absolute Gasteiger partial charge is 0.0220 e. The third kappa shape index (κ3) is 11.5. The number of hydrogen-bond acceptors (Lipinski definition) is 0. The quantitative estimate of drug-likeness (QED) is 0.0560. The van der Waals surface area contributed by atoms with Gasteiger partial charge in [0.25, 0.3) is 0 Å². The Labute approximate surface area is 395 Å². The van der Waals surface area contributed by atoms with Crippen LogP contribution in [0.2, 0.25) is 0 Å². The summed E-state index contributed by atoms with van der Waals surface area (Å²) in [5.41, 5.74) is 18.3. The highest BCUT2D eigenvalue weighted by Crippen LogP contribution is 2.59. The maximum Gasteiger partial charge on any atom is 0.0220 e. The SMILES string of the molecule is CCCCC(CC)CC1(CC(CC)CCCC)c2cc(C)ccc2-c2ccc(-c3ccc4c(c3)C(CC[C@@H](C)CCCC(C)C)(CC[C@@H](C)CCCC(C)C)c3cc(C)ccc3-4)cc21. The Hall–Kier alpha value is -3.12. The Balaban J connectivity index is 1.48. The number of hydrogen-bond donors (Lipinski definition) is 0. The summed E-state index contributed by atoms with van der Waals surface area (Å²) in [4.78, 5) is 0. The van der Waals surface area contributed by atoms with E-state index >= 15 is 0 Å². The monoisotopic (exact) mass is 863 g/mol. The first kappa shape index (κ1) is 50.3. The van der Waals surface area contributed by atoms with Crippen molar-refractivity contribution in [2.24, 2.45) is 35.5 Å². The summed E-state index contributed by atoms with van der Waals surface area (Å²) < 4.78 is 0. The molecule has 4 atom stereocenters. The largest absolute Gasteiger partial charge is 0.0654 e. The van der Waals surface area contributed by atoms with Crippen molar-refractivity contribution in [2.75, 3.05) is 0 Å². The number of benzene rings is 4. The highest BCUT2D eigenvalue weighted by atomic mass is 14.5. The lowest BCUT2D eigenvalue weighted by atomic mass is 9.64. The molecule has 0 heterocycles. The molecule has 64 heavy (non-hydrogen) atoms. The predicted molar refractivity (Wildman–Crippen MR) is 284 cm³/mol. The molecule has 4 aromatic rings. The lowest BCUT2D eigenvalue weighted by molar-refractivity contribution is 0.266. The molecule has 0 amide bonds. The van der Waals surface area contributed by atoms with E-state index in [2.05, 4.69) is 156 Å². The van der Waals surface area contributed by atoms with Crippen molar-refractivity contribution in [3.63, 3.8) is 0 Å². The second-order valence-corrected chi connectivity index (χ2v) is 23.0. The van der Waals surface area contributed by atoms with Crippen LogP contribution in [0.3, 0.4) is 0 Å². The van der Waals surface area contributed by atoms with Gasteiger partial charge in [0.15, 0.2) is 0 Å². The molecule has 0 fully saturated rings. The van der Waals surface area contributed by atoms with Crippen LogP contribution in [0.4, 0.5) is 0 Å². The van der Waals surface area contributed by atoms with E-state index in [-0.39, 0.29) is 10.8 Å². The van der Waals surface area contributed by atoms with Crippen LogP contribution in [0.25, 0.3) is 33.4 Å². The maximum atomic E-state index is 2.73. The van der Waals surface area contributed by atoms with Crippen LogP contribution < -0.4 is 0 Å². The molecule has 2 aliphatic rings. The van der Waals surface area contributed by atoms with E-state index in [1.54, 1.807) is 22.3 Å². The van der Waals surface area contributed by atoms with Crippen molar-refractivity contribution in [2.45, 2.75) is 222 Å². The zero-order valence-corrected chi connectivity index (χ0v) is 43.5. The Kier molecular flexibility index (Phi) is 18.1. The van der Waals surface area contributed by atoms with Crippen molar-refractivity contribution < 1.29 is 0 Å². The van der Waals surface area contributed by atoms with E-state index in [4.69, 9.17) is 0 Å². The molecule has 2 unspecified atom stereocenters. The van der Waals surface area contributed by atoms with E-state index in [0.717, 1.165) is 35.5 Å². The second kappa shape index (κ2) is 23.1. The normalized spacial score (nSPS) is 17.9. The van der Waals surface area contributed by atoms with E-state index in [0.29, 0.717) is 0 Å². The van der Waals surface area contributed by atoms with Gasteiger partial charge in [-0.2, -0.15) is 0 Å². The first-order chi connectivity index (χ1) is 30.8. The third-order valence-electron chi connectivity index (χ3n) is 16.8. The molecular weight excluding hydrogens is 769 g/mol. The average molecular weight is 863 g/mol. The van der Waals surface area contributed by atoms with Crippen molar-refractivity contribution in [3.8, 4) is 33.4 Å². The maximum absolute atomic E-state index is 2.73. The Morgan fingerprint density at radius 3 is 1.16 bits per heavy atom. The molecule has 0 bridgehead atoms. The molecule has 0 saturated heterocycles. The van der Waals surface area contributed by atoms with Crippen LogP contribution in [0.15, 0.2) is 72.8 Å². The first-order valence-electron chi connectivity index (χ1n) is 27.3. The Morgan fingerprint density at radius 2 is 0.766 bits per heavy atom. The fourth-order valence-electron chi connectivity index (χ4n) is 12.7. The number of fused-ring (bicyclic) bond motifs is 6. The zero-order chi connectivity index (χ0) is 46.0. The van der Waals surface area contributed by atoms with Crippen molar-refractivity contribution in [3.05, 3.63) is 106 Å². The molecule has 0 nitrogen and oxygen atoms in total. The number of unbranched alkanes of at least 4 members (excludes halogenated alkanes) is 2. The van der Waals surface area contributed by atoms with Crippen molar-refractivity contribution >= 4 is 0 Å². The number of rotatable bonds is 27. The van der Waals surface area contributed by atoms with Gasteiger partial charge in [-0.15, -0.1) is 0 Å². The van der Waals surface area contributed by atoms with Gasteiger partial charge < -0.3 is 0 Å². The summed E-state index contributed by atoms with van der Waals surface area (Å²) in [6, 6.07) is 30.5. The van der Waals surface area contributed by atoms with Crippen LogP contribution in [0.1, 0.15) is 231 Å². The summed E-state index contributed by atoms with van der Waals surface area (Å²) in [5, 5.41) is 0. The minimum atomic E-state index is 0.0425. The molecule has 350 valence electrons. The minimum Gasteiger partial charge on any atom is -0.0654 e. The summed E-state index contributed by atoms with van der Waals surface area (Å²) in [6.45, 7) is 29.0.